The highest BCUT2D eigenvalue weighted by Crippen LogP contribution is 2.25. The maximum Gasteiger partial charge on any atom is 0.223 e. The van der Waals surface area contributed by atoms with Crippen LogP contribution in [0.4, 0.5) is 5.82 Å². The smallest absolute Gasteiger partial charge is 0.223 e. The third-order valence-electron chi connectivity index (χ3n) is 4.43. The van der Waals surface area contributed by atoms with E-state index in [-0.39, 0.29) is 11.8 Å². The van der Waals surface area contributed by atoms with E-state index in [0.29, 0.717) is 6.54 Å². The quantitative estimate of drug-likeness (QED) is 0.916. The first-order valence-corrected chi connectivity index (χ1v) is 7.80. The Kier molecular flexibility index (Phi) is 4.19. The molecule has 1 aliphatic carbocycles. The van der Waals surface area contributed by atoms with Crippen molar-refractivity contribution in [3.8, 4) is 0 Å². The summed E-state index contributed by atoms with van der Waals surface area (Å²) in [6.45, 7) is 2.83. The molecular weight excluding hydrogens is 250 g/mol. The third kappa shape index (κ3) is 3.11. The Hall–Kier alpha value is -1.58. The minimum absolute atomic E-state index is 0.224. The Labute approximate surface area is 120 Å². The molecule has 1 aliphatic heterocycles. The Balaban J connectivity index is 1.56. The molecule has 1 saturated carbocycles. The Morgan fingerprint density at radius 2 is 2.00 bits per heavy atom. The highest BCUT2D eigenvalue weighted by Gasteiger charge is 2.22. The number of pyridine rings is 1. The van der Waals surface area contributed by atoms with E-state index in [9.17, 15) is 4.79 Å². The van der Waals surface area contributed by atoms with Gasteiger partial charge in [-0.2, -0.15) is 0 Å². The summed E-state index contributed by atoms with van der Waals surface area (Å²) in [5, 5.41) is 3.07. The number of carbonyl (C=O) groups excluding carboxylic acids is 1. The Morgan fingerprint density at radius 3 is 2.75 bits per heavy atom. The molecule has 1 amide bonds. The number of amides is 1. The molecule has 108 valence electrons. The molecule has 1 N–H and O–H groups in total. The molecule has 1 aromatic rings. The van der Waals surface area contributed by atoms with Gasteiger partial charge in [0.2, 0.25) is 5.91 Å². The van der Waals surface area contributed by atoms with E-state index < -0.39 is 0 Å². The maximum atomic E-state index is 12.0. The molecule has 0 aromatic carbocycles. The van der Waals surface area contributed by atoms with E-state index in [1.165, 1.54) is 25.7 Å². The number of carbonyl (C=O) groups is 1. The van der Waals surface area contributed by atoms with E-state index in [2.05, 4.69) is 21.3 Å². The van der Waals surface area contributed by atoms with Crippen LogP contribution >= 0.6 is 0 Å². The minimum Gasteiger partial charge on any atom is -0.357 e. The number of aromatic nitrogens is 1. The van der Waals surface area contributed by atoms with Gasteiger partial charge in [-0.25, -0.2) is 4.98 Å². The predicted octanol–water partition coefficient (Wildman–Crippen LogP) is 2.49. The van der Waals surface area contributed by atoms with Gasteiger partial charge in [0.1, 0.15) is 5.82 Å². The summed E-state index contributed by atoms with van der Waals surface area (Å²) in [5.74, 6) is 1.52. The van der Waals surface area contributed by atoms with Crippen LogP contribution in [0.25, 0.3) is 0 Å². The van der Waals surface area contributed by atoms with Gasteiger partial charge < -0.3 is 10.2 Å². The van der Waals surface area contributed by atoms with Crippen LogP contribution in [0.15, 0.2) is 18.3 Å². The van der Waals surface area contributed by atoms with Gasteiger partial charge in [0.15, 0.2) is 0 Å². The lowest BCUT2D eigenvalue weighted by atomic mass is 10.1. The first-order chi connectivity index (χ1) is 9.83. The summed E-state index contributed by atoms with van der Waals surface area (Å²) >= 11 is 0. The third-order valence-corrected chi connectivity index (χ3v) is 4.43. The van der Waals surface area contributed by atoms with Crippen molar-refractivity contribution in [2.45, 2.75) is 45.1 Å². The standard InChI is InChI=1S/C16H23N3O/c20-16(14-5-1-2-6-14)18-12-13-7-8-17-15(11-13)19-9-3-4-10-19/h7-8,11,14H,1-6,9-10,12H2,(H,18,20). The molecule has 3 rings (SSSR count). The second kappa shape index (κ2) is 6.25. The van der Waals surface area contributed by atoms with Crippen molar-refractivity contribution in [3.05, 3.63) is 23.9 Å². The van der Waals surface area contributed by atoms with Crippen LogP contribution in [-0.4, -0.2) is 24.0 Å². The second-order valence-corrected chi connectivity index (χ2v) is 5.92. The fraction of sp³-hybridized carbons (Fsp3) is 0.625. The number of hydrogen-bond donors (Lipinski definition) is 1. The van der Waals surface area contributed by atoms with Crippen molar-refractivity contribution in [1.82, 2.24) is 10.3 Å². The van der Waals surface area contributed by atoms with Crippen molar-refractivity contribution in [2.24, 2.45) is 5.92 Å². The van der Waals surface area contributed by atoms with Crippen LogP contribution in [-0.2, 0) is 11.3 Å². The van der Waals surface area contributed by atoms with Crippen molar-refractivity contribution in [2.75, 3.05) is 18.0 Å². The van der Waals surface area contributed by atoms with Gasteiger partial charge in [-0.05, 0) is 43.4 Å². The molecule has 2 aliphatic rings. The number of nitrogens with one attached hydrogen (secondary N) is 1. The second-order valence-electron chi connectivity index (χ2n) is 5.92. The van der Waals surface area contributed by atoms with Gasteiger partial charge in [0.25, 0.3) is 0 Å². The van der Waals surface area contributed by atoms with Gasteiger partial charge >= 0.3 is 0 Å². The summed E-state index contributed by atoms with van der Waals surface area (Å²) in [6, 6.07) is 4.11. The summed E-state index contributed by atoms with van der Waals surface area (Å²) < 4.78 is 0. The lowest BCUT2D eigenvalue weighted by molar-refractivity contribution is -0.124. The van der Waals surface area contributed by atoms with Crippen LogP contribution in [0.3, 0.4) is 0 Å². The molecule has 4 heteroatoms. The van der Waals surface area contributed by atoms with Gasteiger partial charge in [0, 0.05) is 31.7 Å². The normalized spacial score (nSPS) is 19.5. The molecule has 2 heterocycles. The van der Waals surface area contributed by atoms with E-state index in [1.54, 1.807) is 0 Å². The highest BCUT2D eigenvalue weighted by molar-refractivity contribution is 5.78. The Morgan fingerprint density at radius 1 is 1.25 bits per heavy atom. The van der Waals surface area contributed by atoms with Gasteiger partial charge in [-0.1, -0.05) is 12.8 Å². The van der Waals surface area contributed by atoms with Crippen molar-refractivity contribution >= 4 is 11.7 Å². The van der Waals surface area contributed by atoms with Gasteiger partial charge in [-0.3, -0.25) is 4.79 Å². The van der Waals surface area contributed by atoms with Crippen LogP contribution < -0.4 is 10.2 Å². The summed E-state index contributed by atoms with van der Waals surface area (Å²) in [6.07, 6.45) is 8.88. The average molecular weight is 273 g/mol. The predicted molar refractivity (Wildman–Crippen MR) is 79.5 cm³/mol. The molecule has 0 bridgehead atoms. The molecule has 1 saturated heterocycles. The highest BCUT2D eigenvalue weighted by atomic mass is 16.1. The van der Waals surface area contributed by atoms with Crippen LogP contribution in [0.5, 0.6) is 0 Å². The molecule has 20 heavy (non-hydrogen) atoms. The van der Waals surface area contributed by atoms with Crippen molar-refractivity contribution in [1.29, 1.82) is 0 Å². The molecule has 0 radical (unpaired) electrons. The molecule has 0 spiro atoms. The van der Waals surface area contributed by atoms with Crippen molar-refractivity contribution in [3.63, 3.8) is 0 Å². The zero-order chi connectivity index (χ0) is 13.8. The summed E-state index contributed by atoms with van der Waals surface area (Å²) in [4.78, 5) is 18.8. The zero-order valence-corrected chi connectivity index (χ0v) is 12.0. The fourth-order valence-corrected chi connectivity index (χ4v) is 3.21. The number of anilines is 1. The zero-order valence-electron chi connectivity index (χ0n) is 12.0. The molecule has 4 nitrogen and oxygen atoms in total. The number of nitrogens with zero attached hydrogens (tertiary/aromatic N) is 2. The van der Waals surface area contributed by atoms with E-state index in [4.69, 9.17) is 0 Å². The minimum atomic E-state index is 0.224. The summed E-state index contributed by atoms with van der Waals surface area (Å²) in [7, 11) is 0. The first kappa shape index (κ1) is 13.4. The lowest BCUT2D eigenvalue weighted by Gasteiger charge is -2.17. The largest absolute Gasteiger partial charge is 0.357 e. The van der Waals surface area contributed by atoms with E-state index in [1.807, 2.05) is 12.3 Å². The monoisotopic (exact) mass is 273 g/mol. The van der Waals surface area contributed by atoms with E-state index >= 15 is 0 Å². The van der Waals surface area contributed by atoms with Crippen LogP contribution in [0.1, 0.15) is 44.1 Å². The van der Waals surface area contributed by atoms with Crippen LogP contribution in [0.2, 0.25) is 0 Å². The lowest BCUT2D eigenvalue weighted by Crippen LogP contribution is -2.29. The molecule has 2 fully saturated rings. The molecule has 0 unspecified atom stereocenters. The summed E-state index contributed by atoms with van der Waals surface area (Å²) in [5.41, 5.74) is 1.15. The van der Waals surface area contributed by atoms with E-state index in [0.717, 1.165) is 37.3 Å². The molecule has 0 atom stereocenters. The van der Waals surface area contributed by atoms with Crippen molar-refractivity contribution < 1.29 is 4.79 Å². The fourth-order valence-electron chi connectivity index (χ4n) is 3.21. The SMILES string of the molecule is O=C(NCc1ccnc(N2CCCC2)c1)C1CCCC1. The van der Waals surface area contributed by atoms with Gasteiger partial charge in [0.05, 0.1) is 0 Å². The Bertz CT molecular complexity index is 463. The van der Waals surface area contributed by atoms with Crippen LogP contribution in [0, 0.1) is 5.92 Å². The average Bonchev–Trinajstić information content (AvgIpc) is 3.17. The molecular formula is C16H23N3O. The van der Waals surface area contributed by atoms with Gasteiger partial charge in [-0.15, -0.1) is 0 Å². The number of rotatable bonds is 4. The molecule has 1 aromatic heterocycles. The first-order valence-electron chi connectivity index (χ1n) is 7.80. The number of hydrogen-bond acceptors (Lipinski definition) is 3. The topological polar surface area (TPSA) is 45.2 Å². The maximum absolute atomic E-state index is 12.0.